The summed E-state index contributed by atoms with van der Waals surface area (Å²) in [5, 5.41) is 2.68. The number of nitrogens with one attached hydrogen (secondary N) is 1. The van der Waals surface area contributed by atoms with Crippen LogP contribution in [-0.4, -0.2) is 36.5 Å². The minimum atomic E-state index is -4.29. The molecule has 1 unspecified atom stereocenters. The molecule has 0 radical (unpaired) electrons. The van der Waals surface area contributed by atoms with Crippen LogP contribution in [0.15, 0.2) is 48.8 Å². The third-order valence-corrected chi connectivity index (χ3v) is 3.69. The molecule has 0 saturated carbocycles. The smallest absolute Gasteiger partial charge is 0.330 e. The van der Waals surface area contributed by atoms with Crippen LogP contribution in [-0.2, 0) is 9.53 Å². The number of carbonyl (C=O) groups excluding carboxylic acids is 1. The van der Waals surface area contributed by atoms with E-state index in [2.05, 4.69) is 15.0 Å². The van der Waals surface area contributed by atoms with Gasteiger partial charge in [-0.2, -0.15) is 8.78 Å². The van der Waals surface area contributed by atoms with Crippen molar-refractivity contribution in [2.75, 3.05) is 13.2 Å². The van der Waals surface area contributed by atoms with Gasteiger partial charge in [0.1, 0.15) is 13.2 Å². The molecule has 1 atom stereocenters. The minimum Gasteiger partial charge on any atom is -0.365 e. The van der Waals surface area contributed by atoms with Crippen molar-refractivity contribution in [1.29, 1.82) is 0 Å². The van der Waals surface area contributed by atoms with Gasteiger partial charge in [-0.15, -0.1) is 0 Å². The Balaban J connectivity index is 2.08. The summed E-state index contributed by atoms with van der Waals surface area (Å²) in [7, 11) is 0. The van der Waals surface area contributed by atoms with E-state index < -0.39 is 37.5 Å². The van der Waals surface area contributed by atoms with Crippen molar-refractivity contribution in [3.63, 3.8) is 0 Å². The highest BCUT2D eigenvalue weighted by molar-refractivity contribution is 5.78. The monoisotopic (exact) mass is 370 g/mol. The average Bonchev–Trinajstić information content (AvgIpc) is 2.61. The van der Waals surface area contributed by atoms with Crippen LogP contribution in [0.5, 0.6) is 0 Å². The van der Waals surface area contributed by atoms with Crippen LogP contribution in [0.2, 0.25) is 0 Å². The summed E-state index contributed by atoms with van der Waals surface area (Å²) in [5.74, 6) is -4.99. The summed E-state index contributed by atoms with van der Waals surface area (Å²) < 4.78 is 54.3. The van der Waals surface area contributed by atoms with Crippen LogP contribution >= 0.6 is 0 Å². The molecule has 0 spiro atoms. The molecule has 140 valence electrons. The molecule has 0 aliphatic rings. The molecule has 2 aromatic rings. The molecule has 1 heterocycles. The predicted molar refractivity (Wildman–Crippen MR) is 87.2 cm³/mol. The van der Waals surface area contributed by atoms with Crippen molar-refractivity contribution < 1.29 is 27.1 Å². The Morgan fingerprint density at radius 1 is 1.19 bits per heavy atom. The van der Waals surface area contributed by atoms with Gasteiger partial charge in [0, 0.05) is 12.4 Å². The maximum Gasteiger partial charge on any atom is 0.330 e. The molecule has 0 saturated heterocycles. The fraction of sp³-hybridized carbons (Fsp3) is 0.333. The van der Waals surface area contributed by atoms with Gasteiger partial charge >= 0.3 is 12.3 Å². The Morgan fingerprint density at radius 3 is 2.46 bits per heavy atom. The molecule has 0 aliphatic heterocycles. The zero-order valence-corrected chi connectivity index (χ0v) is 14.0. The molecular formula is C18H18F4N2O2. The van der Waals surface area contributed by atoms with E-state index in [1.54, 1.807) is 24.5 Å². The second kappa shape index (κ2) is 8.75. The first-order valence-corrected chi connectivity index (χ1v) is 7.80. The van der Waals surface area contributed by atoms with E-state index in [4.69, 9.17) is 0 Å². The second-order valence-corrected chi connectivity index (χ2v) is 5.69. The van der Waals surface area contributed by atoms with E-state index in [0.29, 0.717) is 0 Å². The highest BCUT2D eigenvalue weighted by atomic mass is 19.3. The summed E-state index contributed by atoms with van der Waals surface area (Å²) in [4.78, 5) is 16.0. The maximum absolute atomic E-state index is 12.8. The number of halogens is 4. The van der Waals surface area contributed by atoms with Gasteiger partial charge in [-0.1, -0.05) is 24.3 Å². The molecule has 1 aromatic heterocycles. The quantitative estimate of drug-likeness (QED) is 0.724. The average molecular weight is 370 g/mol. The first-order chi connectivity index (χ1) is 12.3. The predicted octanol–water partition coefficient (Wildman–Crippen LogP) is 3.51. The highest BCUT2D eigenvalue weighted by Crippen LogP contribution is 2.25. The van der Waals surface area contributed by atoms with Crippen LogP contribution in [0.4, 0.5) is 17.6 Å². The summed E-state index contributed by atoms with van der Waals surface area (Å²) >= 11 is 0. The van der Waals surface area contributed by atoms with E-state index in [0.717, 1.165) is 16.7 Å². The van der Waals surface area contributed by atoms with Gasteiger partial charge in [0.15, 0.2) is 0 Å². The first-order valence-electron chi connectivity index (χ1n) is 7.80. The largest absolute Gasteiger partial charge is 0.365 e. The number of hydrogen-bond acceptors (Lipinski definition) is 3. The lowest BCUT2D eigenvalue weighted by Crippen LogP contribution is -2.36. The van der Waals surface area contributed by atoms with Crippen LogP contribution in [0, 0.1) is 6.92 Å². The lowest BCUT2D eigenvalue weighted by molar-refractivity contribution is -0.168. The van der Waals surface area contributed by atoms with Gasteiger partial charge in [0.05, 0.1) is 6.04 Å². The molecule has 26 heavy (non-hydrogen) atoms. The number of aromatic nitrogens is 1. The van der Waals surface area contributed by atoms with E-state index in [1.165, 1.54) is 0 Å². The number of aryl methyl sites for hydroxylation is 1. The first kappa shape index (κ1) is 19.8. The number of ether oxygens (including phenoxy) is 1. The number of alkyl halides is 4. The van der Waals surface area contributed by atoms with Crippen LogP contribution < -0.4 is 5.32 Å². The third-order valence-electron chi connectivity index (χ3n) is 3.69. The number of nitrogens with zero attached hydrogens (tertiary/aromatic N) is 1. The van der Waals surface area contributed by atoms with Crippen LogP contribution in [0.1, 0.15) is 22.7 Å². The molecular weight excluding hydrogens is 352 g/mol. The van der Waals surface area contributed by atoms with Gasteiger partial charge in [0.25, 0.3) is 0 Å². The number of pyridine rings is 1. The van der Waals surface area contributed by atoms with Crippen molar-refractivity contribution in [2.24, 2.45) is 0 Å². The van der Waals surface area contributed by atoms with Gasteiger partial charge in [0.2, 0.25) is 5.91 Å². The van der Waals surface area contributed by atoms with Crippen molar-refractivity contribution in [2.45, 2.75) is 25.3 Å². The molecule has 8 heteroatoms. The Labute approximate surface area is 148 Å². The number of carbonyl (C=O) groups is 1. The molecule has 1 N–H and O–H groups in total. The molecule has 4 nitrogen and oxygen atoms in total. The fourth-order valence-corrected chi connectivity index (χ4v) is 2.35. The molecule has 0 bridgehead atoms. The normalized spacial score (nSPS) is 12.8. The van der Waals surface area contributed by atoms with Gasteiger partial charge in [-0.3, -0.25) is 9.78 Å². The van der Waals surface area contributed by atoms with Gasteiger partial charge in [-0.05, 0) is 35.7 Å². The van der Waals surface area contributed by atoms with Crippen LogP contribution in [0.3, 0.4) is 0 Å². The third kappa shape index (κ3) is 5.26. The molecule has 1 aromatic carbocycles. The Hall–Kier alpha value is -2.48. The van der Waals surface area contributed by atoms with Crippen LogP contribution in [0.25, 0.3) is 0 Å². The zero-order valence-electron chi connectivity index (χ0n) is 14.0. The van der Waals surface area contributed by atoms with Gasteiger partial charge < -0.3 is 10.1 Å². The van der Waals surface area contributed by atoms with Crippen molar-refractivity contribution in [1.82, 2.24) is 10.3 Å². The fourth-order valence-electron chi connectivity index (χ4n) is 2.35. The maximum atomic E-state index is 12.8. The number of hydrogen-bond donors (Lipinski definition) is 1. The Kier molecular flexibility index (Phi) is 6.68. The lowest BCUT2D eigenvalue weighted by atomic mass is 9.95. The molecule has 0 aliphatic carbocycles. The summed E-state index contributed by atoms with van der Waals surface area (Å²) in [6.45, 7) is -0.409. The summed E-state index contributed by atoms with van der Waals surface area (Å²) in [5.41, 5.74) is 2.46. The van der Waals surface area contributed by atoms with Crippen molar-refractivity contribution >= 4 is 5.91 Å². The number of benzene rings is 1. The summed E-state index contributed by atoms with van der Waals surface area (Å²) in [6, 6.07) is 10.2. The summed E-state index contributed by atoms with van der Waals surface area (Å²) in [6.07, 6.45) is -0.721. The number of rotatable bonds is 8. The topological polar surface area (TPSA) is 51.2 Å². The molecule has 1 amide bonds. The number of amides is 1. The molecule has 2 rings (SSSR count). The highest BCUT2D eigenvalue weighted by Gasteiger charge is 2.41. The minimum absolute atomic E-state index is 0.550. The Morgan fingerprint density at radius 2 is 1.85 bits per heavy atom. The van der Waals surface area contributed by atoms with Crippen molar-refractivity contribution in [3.8, 4) is 0 Å². The standard InChI is InChI=1S/C18H18F4N2O2/c1-12-4-2-3-5-14(12)16(13-6-8-23-9-7-13)24-15(25)10-26-11-18(21,22)17(19)20/h2-9,16-17H,10-11H2,1H3,(H,24,25). The van der Waals surface area contributed by atoms with E-state index in [9.17, 15) is 22.4 Å². The lowest BCUT2D eigenvalue weighted by Gasteiger charge is -2.22. The van der Waals surface area contributed by atoms with E-state index >= 15 is 0 Å². The van der Waals surface area contributed by atoms with Crippen molar-refractivity contribution in [3.05, 3.63) is 65.5 Å². The molecule has 0 fully saturated rings. The van der Waals surface area contributed by atoms with Gasteiger partial charge in [-0.25, -0.2) is 8.78 Å². The van der Waals surface area contributed by atoms with E-state index in [-0.39, 0.29) is 0 Å². The van der Waals surface area contributed by atoms with E-state index in [1.807, 2.05) is 31.2 Å². The Bertz CT molecular complexity index is 726. The SMILES string of the molecule is Cc1ccccc1C(NC(=O)COCC(F)(F)C(F)F)c1ccncc1. The zero-order chi connectivity index (χ0) is 19.2. The second-order valence-electron chi connectivity index (χ2n) is 5.69.